The standard InChI is InChI=1S/C10H15BrN2O/c1-3-9(11)7-12-8(2)10(14)13-5-4-6-13/h3,7-8H,4-6H2,1-2H3/b9-3+,12-7?. The summed E-state index contributed by atoms with van der Waals surface area (Å²) in [5, 5.41) is 0. The molecule has 78 valence electrons. The summed E-state index contributed by atoms with van der Waals surface area (Å²) in [6.07, 6.45) is 4.70. The number of carbonyl (C=O) groups excluding carboxylic acids is 1. The van der Waals surface area contributed by atoms with Gasteiger partial charge in [-0.1, -0.05) is 6.08 Å². The summed E-state index contributed by atoms with van der Waals surface area (Å²) >= 11 is 3.31. The van der Waals surface area contributed by atoms with E-state index in [0.717, 1.165) is 24.0 Å². The van der Waals surface area contributed by atoms with E-state index in [9.17, 15) is 4.79 Å². The Morgan fingerprint density at radius 3 is 2.64 bits per heavy atom. The molecule has 14 heavy (non-hydrogen) atoms. The molecule has 4 heteroatoms. The van der Waals surface area contributed by atoms with Crippen molar-refractivity contribution in [1.29, 1.82) is 0 Å². The van der Waals surface area contributed by atoms with Crippen LogP contribution in [0.1, 0.15) is 20.3 Å². The van der Waals surface area contributed by atoms with Gasteiger partial charge in [0.15, 0.2) is 0 Å². The zero-order valence-corrected chi connectivity index (χ0v) is 10.1. The van der Waals surface area contributed by atoms with Crippen molar-refractivity contribution < 1.29 is 4.79 Å². The van der Waals surface area contributed by atoms with Gasteiger partial charge >= 0.3 is 0 Å². The van der Waals surface area contributed by atoms with Gasteiger partial charge in [0, 0.05) is 23.8 Å². The minimum absolute atomic E-state index is 0.129. The first-order chi connectivity index (χ1) is 6.65. The smallest absolute Gasteiger partial charge is 0.247 e. The Kier molecular flexibility index (Phi) is 4.32. The molecule has 1 heterocycles. The minimum atomic E-state index is -0.261. The predicted molar refractivity (Wildman–Crippen MR) is 61.8 cm³/mol. The van der Waals surface area contributed by atoms with Crippen molar-refractivity contribution in [3.63, 3.8) is 0 Å². The molecule has 1 aliphatic rings. The van der Waals surface area contributed by atoms with Crippen molar-refractivity contribution in [3.05, 3.63) is 10.6 Å². The number of carbonyl (C=O) groups is 1. The number of hydrogen-bond donors (Lipinski definition) is 0. The van der Waals surface area contributed by atoms with E-state index in [1.807, 2.05) is 24.8 Å². The van der Waals surface area contributed by atoms with Gasteiger partial charge in [-0.3, -0.25) is 9.79 Å². The van der Waals surface area contributed by atoms with Crippen LogP contribution in [0, 0.1) is 0 Å². The van der Waals surface area contributed by atoms with Gasteiger partial charge in [-0.2, -0.15) is 0 Å². The van der Waals surface area contributed by atoms with E-state index < -0.39 is 0 Å². The molecule has 0 saturated carbocycles. The number of nitrogens with zero attached hydrogens (tertiary/aromatic N) is 2. The van der Waals surface area contributed by atoms with E-state index >= 15 is 0 Å². The van der Waals surface area contributed by atoms with Gasteiger partial charge in [0.05, 0.1) is 0 Å². The van der Waals surface area contributed by atoms with E-state index in [0.29, 0.717) is 0 Å². The van der Waals surface area contributed by atoms with Crippen LogP contribution in [0.25, 0.3) is 0 Å². The maximum absolute atomic E-state index is 11.6. The topological polar surface area (TPSA) is 32.7 Å². The van der Waals surface area contributed by atoms with E-state index in [2.05, 4.69) is 20.9 Å². The minimum Gasteiger partial charge on any atom is -0.341 e. The van der Waals surface area contributed by atoms with Crippen molar-refractivity contribution in [2.75, 3.05) is 13.1 Å². The summed E-state index contributed by atoms with van der Waals surface area (Å²) in [6, 6.07) is -0.261. The van der Waals surface area contributed by atoms with Gasteiger partial charge in [0.1, 0.15) is 6.04 Å². The highest BCUT2D eigenvalue weighted by molar-refractivity contribution is 9.12. The Labute approximate surface area is 93.0 Å². The molecule has 3 nitrogen and oxygen atoms in total. The Balaban J connectivity index is 2.44. The quantitative estimate of drug-likeness (QED) is 0.713. The van der Waals surface area contributed by atoms with E-state index in [1.165, 1.54) is 0 Å². The number of amides is 1. The third kappa shape index (κ3) is 2.94. The van der Waals surface area contributed by atoms with Crippen molar-refractivity contribution >= 4 is 28.1 Å². The zero-order chi connectivity index (χ0) is 10.6. The van der Waals surface area contributed by atoms with E-state index in [1.54, 1.807) is 6.21 Å². The highest BCUT2D eigenvalue weighted by Crippen LogP contribution is 2.10. The summed E-state index contributed by atoms with van der Waals surface area (Å²) in [7, 11) is 0. The lowest BCUT2D eigenvalue weighted by Crippen LogP contribution is -2.45. The fourth-order valence-electron chi connectivity index (χ4n) is 1.12. The molecule has 1 unspecified atom stereocenters. The molecule has 1 saturated heterocycles. The lowest BCUT2D eigenvalue weighted by molar-refractivity contribution is -0.135. The maximum atomic E-state index is 11.6. The van der Waals surface area contributed by atoms with Crippen molar-refractivity contribution in [2.45, 2.75) is 26.3 Å². The van der Waals surface area contributed by atoms with Gasteiger partial charge in [-0.05, 0) is 36.2 Å². The van der Waals surface area contributed by atoms with Crippen molar-refractivity contribution in [2.24, 2.45) is 4.99 Å². The highest BCUT2D eigenvalue weighted by Gasteiger charge is 2.23. The first-order valence-corrected chi connectivity index (χ1v) is 5.58. The van der Waals surface area contributed by atoms with Crippen LogP contribution in [0.5, 0.6) is 0 Å². The Bertz CT molecular complexity index is 269. The summed E-state index contributed by atoms with van der Waals surface area (Å²) in [5.41, 5.74) is 0. The van der Waals surface area contributed by atoms with E-state index in [4.69, 9.17) is 0 Å². The molecule has 0 aliphatic carbocycles. The summed E-state index contributed by atoms with van der Waals surface area (Å²) < 4.78 is 0.903. The van der Waals surface area contributed by atoms with Crippen LogP contribution in [0.4, 0.5) is 0 Å². The summed E-state index contributed by atoms with van der Waals surface area (Å²) in [4.78, 5) is 17.6. The van der Waals surface area contributed by atoms with Crippen LogP contribution >= 0.6 is 15.9 Å². The molecule has 0 aromatic heterocycles. The second-order valence-corrected chi connectivity index (χ2v) is 4.22. The normalized spacial score (nSPS) is 19.6. The molecule has 1 amide bonds. The first-order valence-electron chi connectivity index (χ1n) is 4.79. The fraction of sp³-hybridized carbons (Fsp3) is 0.600. The second kappa shape index (κ2) is 5.29. The van der Waals surface area contributed by atoms with Crippen LogP contribution in [-0.4, -0.2) is 36.2 Å². The van der Waals surface area contributed by atoms with Crippen LogP contribution < -0.4 is 0 Å². The molecule has 0 radical (unpaired) electrons. The first kappa shape index (κ1) is 11.4. The zero-order valence-electron chi connectivity index (χ0n) is 8.53. The maximum Gasteiger partial charge on any atom is 0.247 e. The average molecular weight is 259 g/mol. The predicted octanol–water partition coefficient (Wildman–Crippen LogP) is 1.98. The molecule has 0 spiro atoms. The molecular formula is C10H15BrN2O. The number of rotatable bonds is 3. The fourth-order valence-corrected chi connectivity index (χ4v) is 1.24. The number of likely N-dealkylation sites (tertiary alicyclic amines) is 1. The molecule has 1 fully saturated rings. The molecule has 0 N–H and O–H groups in total. The number of hydrogen-bond acceptors (Lipinski definition) is 2. The Morgan fingerprint density at radius 2 is 2.21 bits per heavy atom. The SMILES string of the molecule is C/C=C(/Br)C=NC(C)C(=O)N1CCC1. The molecular weight excluding hydrogens is 244 g/mol. The van der Waals surface area contributed by atoms with Crippen LogP contribution in [-0.2, 0) is 4.79 Å². The molecule has 0 aromatic rings. The van der Waals surface area contributed by atoms with Gasteiger partial charge in [0.25, 0.3) is 0 Å². The number of aliphatic imine (C=N–C) groups is 1. The Hall–Kier alpha value is -0.640. The second-order valence-electron chi connectivity index (χ2n) is 3.31. The summed E-state index contributed by atoms with van der Waals surface area (Å²) in [5.74, 6) is 0.129. The van der Waals surface area contributed by atoms with E-state index in [-0.39, 0.29) is 11.9 Å². The highest BCUT2D eigenvalue weighted by atomic mass is 79.9. The lowest BCUT2D eigenvalue weighted by Gasteiger charge is -2.32. The number of allylic oxidation sites excluding steroid dienone is 2. The molecule has 0 aromatic carbocycles. The van der Waals surface area contributed by atoms with Crippen molar-refractivity contribution in [1.82, 2.24) is 4.90 Å². The molecule has 0 bridgehead atoms. The third-order valence-corrected chi connectivity index (χ3v) is 2.88. The third-order valence-electron chi connectivity index (χ3n) is 2.22. The molecule has 1 rings (SSSR count). The van der Waals surface area contributed by atoms with Gasteiger partial charge in [-0.25, -0.2) is 0 Å². The summed E-state index contributed by atoms with van der Waals surface area (Å²) in [6.45, 7) is 5.53. The molecule has 1 aliphatic heterocycles. The van der Waals surface area contributed by atoms with Gasteiger partial charge < -0.3 is 4.90 Å². The van der Waals surface area contributed by atoms with Crippen LogP contribution in [0.15, 0.2) is 15.6 Å². The molecule has 1 atom stereocenters. The van der Waals surface area contributed by atoms with Crippen LogP contribution in [0.3, 0.4) is 0 Å². The monoisotopic (exact) mass is 258 g/mol. The number of halogens is 1. The Morgan fingerprint density at radius 1 is 1.57 bits per heavy atom. The van der Waals surface area contributed by atoms with Crippen LogP contribution in [0.2, 0.25) is 0 Å². The lowest BCUT2D eigenvalue weighted by atomic mass is 10.2. The van der Waals surface area contributed by atoms with Crippen molar-refractivity contribution in [3.8, 4) is 0 Å². The van der Waals surface area contributed by atoms with Gasteiger partial charge in [-0.15, -0.1) is 0 Å². The largest absolute Gasteiger partial charge is 0.341 e. The van der Waals surface area contributed by atoms with Gasteiger partial charge in [0.2, 0.25) is 5.91 Å². The average Bonchev–Trinajstić information content (AvgIpc) is 2.10.